The molecule has 0 saturated carbocycles. The summed E-state index contributed by atoms with van der Waals surface area (Å²) in [6.07, 6.45) is 11.9. The van der Waals surface area contributed by atoms with Gasteiger partial charge in [-0.2, -0.15) is 0 Å². The van der Waals surface area contributed by atoms with E-state index in [-0.39, 0.29) is 17.4 Å². The van der Waals surface area contributed by atoms with Crippen LogP contribution in [0.2, 0.25) is 0 Å². The summed E-state index contributed by atoms with van der Waals surface area (Å²) < 4.78 is 0. The minimum Gasteiger partial charge on any atom is -0.391 e. The van der Waals surface area contributed by atoms with Crippen LogP contribution in [0.25, 0.3) is 0 Å². The van der Waals surface area contributed by atoms with Crippen molar-refractivity contribution in [3.63, 3.8) is 0 Å². The smallest absolute Gasteiger partial charge is 0.0725 e. The monoisotopic (exact) mass is 294 g/mol. The van der Waals surface area contributed by atoms with E-state index in [0.717, 1.165) is 12.8 Å². The van der Waals surface area contributed by atoms with Gasteiger partial charge < -0.3 is 5.11 Å². The molecule has 1 nitrogen and oxygen atoms in total. The van der Waals surface area contributed by atoms with Crippen LogP contribution in [0.4, 0.5) is 0 Å². The fraction of sp³-hybridized carbons (Fsp3) is 0.900. The average molecular weight is 295 g/mol. The van der Waals surface area contributed by atoms with E-state index >= 15 is 0 Å². The fourth-order valence-corrected chi connectivity index (χ4v) is 2.53. The van der Waals surface area contributed by atoms with E-state index in [1.54, 1.807) is 0 Å². The quantitative estimate of drug-likeness (QED) is 0.389. The van der Waals surface area contributed by atoms with Gasteiger partial charge in [-0.3, -0.25) is 0 Å². The van der Waals surface area contributed by atoms with E-state index in [9.17, 15) is 5.11 Å². The van der Waals surface area contributed by atoms with Crippen molar-refractivity contribution < 1.29 is 5.11 Å². The molecule has 124 valence electrons. The van der Waals surface area contributed by atoms with Gasteiger partial charge in [0.15, 0.2) is 0 Å². The Kier molecular flexibility index (Phi) is 11.8. The highest BCUT2D eigenvalue weighted by atomic mass is 16.3. The first-order chi connectivity index (χ1) is 9.93. The lowest BCUT2D eigenvalue weighted by molar-refractivity contribution is 0.0277. The molecule has 0 saturated heterocycles. The lowest BCUT2D eigenvalue weighted by Gasteiger charge is -2.30. The number of aliphatic hydroxyl groups excluding tert-OH is 1. The highest BCUT2D eigenvalue weighted by molar-refractivity contribution is 5.07. The van der Waals surface area contributed by atoms with Crippen molar-refractivity contribution in [1.29, 1.82) is 0 Å². The van der Waals surface area contributed by atoms with Gasteiger partial charge in [0.25, 0.3) is 0 Å². The molecule has 0 aromatic heterocycles. The summed E-state index contributed by atoms with van der Waals surface area (Å²) in [4.78, 5) is 0. The normalized spacial score (nSPS) is 14.4. The Bertz CT molecular complexity index is 289. The zero-order valence-electron chi connectivity index (χ0n) is 15.2. The molecule has 0 bridgehead atoms. The Morgan fingerprint density at radius 1 is 0.857 bits per heavy atom. The molecule has 0 amide bonds. The summed E-state index contributed by atoms with van der Waals surface area (Å²) in [5.41, 5.74) is -0.0771. The Morgan fingerprint density at radius 2 is 1.43 bits per heavy atom. The molecule has 0 aliphatic carbocycles. The van der Waals surface area contributed by atoms with Crippen LogP contribution in [-0.4, -0.2) is 11.2 Å². The van der Waals surface area contributed by atoms with Crippen molar-refractivity contribution in [3.05, 3.63) is 0 Å². The van der Waals surface area contributed by atoms with Crippen molar-refractivity contribution in [2.24, 2.45) is 11.3 Å². The van der Waals surface area contributed by atoms with E-state index in [1.165, 1.54) is 51.4 Å². The van der Waals surface area contributed by atoms with Crippen molar-refractivity contribution in [3.8, 4) is 11.8 Å². The first-order valence-corrected chi connectivity index (χ1v) is 9.09. The number of hydrogen-bond donors (Lipinski definition) is 1. The molecule has 0 radical (unpaired) electrons. The van der Waals surface area contributed by atoms with Crippen LogP contribution in [-0.2, 0) is 0 Å². The van der Waals surface area contributed by atoms with E-state index in [1.807, 2.05) is 0 Å². The molecule has 1 heteroatoms. The Labute approximate surface area is 133 Å². The summed E-state index contributed by atoms with van der Waals surface area (Å²) in [5.74, 6) is 6.80. The molecule has 0 heterocycles. The van der Waals surface area contributed by atoms with Crippen molar-refractivity contribution in [2.75, 3.05) is 0 Å². The van der Waals surface area contributed by atoms with Gasteiger partial charge in [-0.1, -0.05) is 85.5 Å². The minimum absolute atomic E-state index is 0.0771. The summed E-state index contributed by atoms with van der Waals surface area (Å²) in [7, 11) is 0. The Balaban J connectivity index is 4.27. The molecule has 2 atom stereocenters. The zero-order valence-corrected chi connectivity index (χ0v) is 15.2. The molecule has 0 aromatic carbocycles. The van der Waals surface area contributed by atoms with Crippen LogP contribution in [0.1, 0.15) is 98.8 Å². The molecular formula is C20H38O. The third-order valence-corrected chi connectivity index (χ3v) is 4.08. The molecule has 0 unspecified atom stereocenters. The largest absolute Gasteiger partial charge is 0.391 e. The maximum atomic E-state index is 10.5. The molecule has 21 heavy (non-hydrogen) atoms. The van der Waals surface area contributed by atoms with Crippen LogP contribution in [0.15, 0.2) is 0 Å². The summed E-state index contributed by atoms with van der Waals surface area (Å²) in [6, 6.07) is 0. The average Bonchev–Trinajstić information content (AvgIpc) is 2.43. The van der Waals surface area contributed by atoms with Crippen molar-refractivity contribution in [2.45, 2.75) is 105 Å². The molecule has 0 rings (SSSR count). The molecule has 0 spiro atoms. The van der Waals surface area contributed by atoms with Crippen LogP contribution in [0.3, 0.4) is 0 Å². The van der Waals surface area contributed by atoms with Gasteiger partial charge in [0.1, 0.15) is 0 Å². The first-order valence-electron chi connectivity index (χ1n) is 9.09. The SMILES string of the molecule is CCCCC#C[C@H](CCCCCCCC)[C@H](O)C(C)(C)C. The van der Waals surface area contributed by atoms with Gasteiger partial charge in [0.2, 0.25) is 0 Å². The van der Waals surface area contributed by atoms with Gasteiger partial charge in [0, 0.05) is 12.3 Å². The predicted molar refractivity (Wildman–Crippen MR) is 94.2 cm³/mol. The lowest BCUT2D eigenvalue weighted by atomic mass is 9.79. The van der Waals surface area contributed by atoms with E-state index in [0.29, 0.717) is 0 Å². The maximum Gasteiger partial charge on any atom is 0.0725 e. The minimum atomic E-state index is -0.317. The topological polar surface area (TPSA) is 20.2 Å². The Morgan fingerprint density at radius 3 is 2.00 bits per heavy atom. The van der Waals surface area contributed by atoms with Gasteiger partial charge in [-0.15, -0.1) is 5.92 Å². The third kappa shape index (κ3) is 10.8. The maximum absolute atomic E-state index is 10.5. The second-order valence-corrected chi connectivity index (χ2v) is 7.40. The highest BCUT2D eigenvalue weighted by Crippen LogP contribution is 2.28. The molecule has 0 aliphatic heterocycles. The summed E-state index contributed by atoms with van der Waals surface area (Å²) in [6.45, 7) is 10.8. The van der Waals surface area contributed by atoms with E-state index in [4.69, 9.17) is 0 Å². The second-order valence-electron chi connectivity index (χ2n) is 7.40. The fourth-order valence-electron chi connectivity index (χ4n) is 2.53. The summed E-state index contributed by atoms with van der Waals surface area (Å²) in [5, 5.41) is 10.5. The first kappa shape index (κ1) is 20.5. The van der Waals surface area contributed by atoms with Crippen LogP contribution >= 0.6 is 0 Å². The van der Waals surface area contributed by atoms with Gasteiger partial charge in [0.05, 0.1) is 6.10 Å². The second kappa shape index (κ2) is 12.1. The van der Waals surface area contributed by atoms with Gasteiger partial charge >= 0.3 is 0 Å². The summed E-state index contributed by atoms with van der Waals surface area (Å²) >= 11 is 0. The van der Waals surface area contributed by atoms with Gasteiger partial charge in [-0.05, 0) is 18.3 Å². The number of hydrogen-bond acceptors (Lipinski definition) is 1. The Hall–Kier alpha value is -0.480. The zero-order chi connectivity index (χ0) is 16.1. The number of unbranched alkanes of at least 4 members (excludes halogenated alkanes) is 7. The molecule has 1 N–H and O–H groups in total. The number of rotatable bonds is 10. The molecular weight excluding hydrogens is 256 g/mol. The van der Waals surface area contributed by atoms with Crippen LogP contribution in [0.5, 0.6) is 0 Å². The van der Waals surface area contributed by atoms with E-state index in [2.05, 4.69) is 46.5 Å². The lowest BCUT2D eigenvalue weighted by Crippen LogP contribution is -2.33. The van der Waals surface area contributed by atoms with Crippen molar-refractivity contribution in [1.82, 2.24) is 0 Å². The molecule has 0 aromatic rings. The van der Waals surface area contributed by atoms with Crippen LogP contribution in [0, 0.1) is 23.2 Å². The van der Waals surface area contributed by atoms with E-state index < -0.39 is 0 Å². The van der Waals surface area contributed by atoms with Crippen LogP contribution < -0.4 is 0 Å². The van der Waals surface area contributed by atoms with Crippen molar-refractivity contribution >= 4 is 0 Å². The predicted octanol–water partition coefficient (Wildman–Crippen LogP) is 5.95. The molecule has 0 fully saturated rings. The molecule has 0 aliphatic rings. The van der Waals surface area contributed by atoms with Gasteiger partial charge in [-0.25, -0.2) is 0 Å². The highest BCUT2D eigenvalue weighted by Gasteiger charge is 2.28. The third-order valence-electron chi connectivity index (χ3n) is 4.08. The standard InChI is InChI=1S/C20H38O/c1-6-8-10-12-13-15-17-18(16-14-11-9-7-2)19(21)20(3,4)5/h18-19,21H,6-13,15,17H2,1-5H3/t18-,19+/m1/s1. The number of aliphatic hydroxyl groups is 1.